The lowest BCUT2D eigenvalue weighted by Gasteiger charge is -2.10. The molecule has 3 rings (SSSR count). The first-order valence-electron chi connectivity index (χ1n) is 8.53. The molecule has 7 heteroatoms. The number of aryl methyl sites for hydroxylation is 1. The zero-order valence-electron chi connectivity index (χ0n) is 14.8. The third kappa shape index (κ3) is 4.77. The number of rotatable bonds is 7. The predicted molar refractivity (Wildman–Crippen MR) is 104 cm³/mol. The van der Waals surface area contributed by atoms with E-state index in [0.29, 0.717) is 16.9 Å². The summed E-state index contributed by atoms with van der Waals surface area (Å²) in [5.74, 6) is -0.338. The van der Waals surface area contributed by atoms with Crippen LogP contribution in [-0.4, -0.2) is 14.3 Å². The van der Waals surface area contributed by atoms with E-state index in [-0.39, 0.29) is 10.8 Å². The van der Waals surface area contributed by atoms with Crippen molar-refractivity contribution in [2.24, 2.45) is 0 Å². The molecule has 0 atom stereocenters. The molecule has 0 radical (unpaired) electrons. The lowest BCUT2D eigenvalue weighted by Crippen LogP contribution is -2.14. The van der Waals surface area contributed by atoms with Gasteiger partial charge in [-0.2, -0.15) is 0 Å². The molecule has 2 N–H and O–H groups in total. The molecule has 0 saturated heterocycles. The fraction of sp³-hybridized carbons (Fsp3) is 0.150. The molecule has 3 aromatic rings. The minimum absolute atomic E-state index is 0.190. The largest absolute Gasteiger partial charge is 0.472 e. The third-order valence-corrected chi connectivity index (χ3v) is 5.33. The van der Waals surface area contributed by atoms with Gasteiger partial charge in [-0.3, -0.25) is 9.52 Å². The molecule has 1 amide bonds. The molecule has 0 aliphatic carbocycles. The fourth-order valence-electron chi connectivity index (χ4n) is 2.60. The smallest absolute Gasteiger partial charge is 0.261 e. The van der Waals surface area contributed by atoms with Gasteiger partial charge >= 0.3 is 0 Å². The highest BCUT2D eigenvalue weighted by molar-refractivity contribution is 7.92. The summed E-state index contributed by atoms with van der Waals surface area (Å²) in [6.07, 6.45) is 4.66. The number of sulfonamides is 1. The molecule has 27 heavy (non-hydrogen) atoms. The van der Waals surface area contributed by atoms with Crippen molar-refractivity contribution in [2.45, 2.75) is 24.7 Å². The average molecular weight is 384 g/mol. The van der Waals surface area contributed by atoms with Crippen molar-refractivity contribution in [1.29, 1.82) is 0 Å². The van der Waals surface area contributed by atoms with E-state index in [4.69, 9.17) is 4.42 Å². The second kappa shape index (κ2) is 8.09. The first-order valence-corrected chi connectivity index (χ1v) is 10.0. The van der Waals surface area contributed by atoms with Gasteiger partial charge in [0.05, 0.1) is 22.4 Å². The van der Waals surface area contributed by atoms with Gasteiger partial charge in [-0.1, -0.05) is 31.5 Å². The lowest BCUT2D eigenvalue weighted by molar-refractivity contribution is 0.102. The second-order valence-corrected chi connectivity index (χ2v) is 7.73. The molecule has 0 unspecified atom stereocenters. The molecular formula is C20H20N2O4S. The van der Waals surface area contributed by atoms with E-state index in [0.717, 1.165) is 18.4 Å². The van der Waals surface area contributed by atoms with Gasteiger partial charge < -0.3 is 9.73 Å². The summed E-state index contributed by atoms with van der Waals surface area (Å²) in [4.78, 5) is 12.3. The molecule has 1 aromatic heterocycles. The molecule has 0 spiro atoms. The maximum Gasteiger partial charge on any atom is 0.261 e. The maximum atomic E-state index is 12.6. The Bertz CT molecular complexity index is 1010. The van der Waals surface area contributed by atoms with Gasteiger partial charge in [0.25, 0.3) is 15.9 Å². The molecule has 0 bridgehead atoms. The SMILES string of the molecule is CCCc1ccc(S(=O)(=O)Nc2cccc(NC(=O)c3ccoc3)c2)cc1. The standard InChI is InChI=1S/C20H20N2O4S/c1-2-4-15-7-9-19(10-8-15)27(24,25)22-18-6-3-5-17(13-18)21-20(23)16-11-12-26-14-16/h3,5-14,22H,2,4H2,1H3,(H,21,23). The highest BCUT2D eigenvalue weighted by Crippen LogP contribution is 2.20. The Hall–Kier alpha value is -3.06. The van der Waals surface area contributed by atoms with Crippen LogP contribution in [0.5, 0.6) is 0 Å². The van der Waals surface area contributed by atoms with Crippen molar-refractivity contribution < 1.29 is 17.6 Å². The minimum Gasteiger partial charge on any atom is -0.472 e. The average Bonchev–Trinajstić information content (AvgIpc) is 3.17. The van der Waals surface area contributed by atoms with Gasteiger partial charge in [0.2, 0.25) is 0 Å². The molecule has 0 aliphatic rings. The number of benzene rings is 2. The van der Waals surface area contributed by atoms with Gasteiger partial charge in [0.1, 0.15) is 6.26 Å². The molecule has 1 heterocycles. The number of nitrogens with one attached hydrogen (secondary N) is 2. The molecule has 6 nitrogen and oxygen atoms in total. The van der Waals surface area contributed by atoms with Crippen LogP contribution in [0.3, 0.4) is 0 Å². The Balaban J connectivity index is 1.73. The Morgan fingerprint density at radius 3 is 2.44 bits per heavy atom. The van der Waals surface area contributed by atoms with Gasteiger partial charge in [-0.25, -0.2) is 8.42 Å². The summed E-state index contributed by atoms with van der Waals surface area (Å²) < 4.78 is 32.6. The van der Waals surface area contributed by atoms with E-state index < -0.39 is 10.0 Å². The number of carbonyl (C=O) groups excluding carboxylic acids is 1. The quantitative estimate of drug-likeness (QED) is 0.636. The lowest BCUT2D eigenvalue weighted by atomic mass is 10.1. The molecular weight excluding hydrogens is 364 g/mol. The van der Waals surface area contributed by atoms with Gasteiger partial charge in [0.15, 0.2) is 0 Å². The molecule has 140 valence electrons. The first-order chi connectivity index (χ1) is 13.0. The number of anilines is 2. The van der Waals surface area contributed by atoms with Crippen LogP contribution >= 0.6 is 0 Å². The number of hydrogen-bond acceptors (Lipinski definition) is 4. The highest BCUT2D eigenvalue weighted by atomic mass is 32.2. The highest BCUT2D eigenvalue weighted by Gasteiger charge is 2.15. The Morgan fingerprint density at radius 2 is 1.78 bits per heavy atom. The summed E-state index contributed by atoms with van der Waals surface area (Å²) in [7, 11) is -3.71. The minimum atomic E-state index is -3.71. The summed E-state index contributed by atoms with van der Waals surface area (Å²) in [5, 5.41) is 2.70. The number of amides is 1. The van der Waals surface area contributed by atoms with Gasteiger partial charge in [-0.15, -0.1) is 0 Å². The van der Waals surface area contributed by atoms with Crippen LogP contribution in [-0.2, 0) is 16.4 Å². The normalized spacial score (nSPS) is 11.1. The first kappa shape index (κ1) is 18.7. The monoisotopic (exact) mass is 384 g/mol. The molecule has 0 saturated carbocycles. The number of furan rings is 1. The fourth-order valence-corrected chi connectivity index (χ4v) is 3.64. The van der Waals surface area contributed by atoms with Crippen molar-refractivity contribution >= 4 is 27.3 Å². The summed E-state index contributed by atoms with van der Waals surface area (Å²) in [6, 6.07) is 14.9. The predicted octanol–water partition coefficient (Wildman–Crippen LogP) is 4.29. The van der Waals surface area contributed by atoms with Crippen molar-refractivity contribution in [3.63, 3.8) is 0 Å². The van der Waals surface area contributed by atoms with Crippen LogP contribution in [0.1, 0.15) is 29.3 Å². The van der Waals surface area contributed by atoms with E-state index in [2.05, 4.69) is 17.0 Å². The van der Waals surface area contributed by atoms with E-state index in [1.165, 1.54) is 12.5 Å². The van der Waals surface area contributed by atoms with Crippen molar-refractivity contribution in [3.8, 4) is 0 Å². The molecule has 2 aromatic carbocycles. The van der Waals surface area contributed by atoms with E-state index in [1.807, 2.05) is 12.1 Å². The topological polar surface area (TPSA) is 88.4 Å². The van der Waals surface area contributed by atoms with Gasteiger partial charge in [-0.05, 0) is 48.4 Å². The molecule has 0 aliphatic heterocycles. The zero-order valence-corrected chi connectivity index (χ0v) is 15.6. The summed E-state index contributed by atoms with van der Waals surface area (Å²) >= 11 is 0. The van der Waals surface area contributed by atoms with Crippen molar-refractivity contribution in [3.05, 3.63) is 78.3 Å². The Kier molecular flexibility index (Phi) is 5.61. The van der Waals surface area contributed by atoms with Gasteiger partial charge in [0, 0.05) is 5.69 Å². The van der Waals surface area contributed by atoms with E-state index >= 15 is 0 Å². The summed E-state index contributed by atoms with van der Waals surface area (Å²) in [5.41, 5.74) is 2.31. The van der Waals surface area contributed by atoms with Crippen LogP contribution in [0.25, 0.3) is 0 Å². The zero-order chi connectivity index (χ0) is 19.3. The van der Waals surface area contributed by atoms with E-state index in [1.54, 1.807) is 42.5 Å². The van der Waals surface area contributed by atoms with Crippen LogP contribution in [0.4, 0.5) is 11.4 Å². The van der Waals surface area contributed by atoms with Crippen LogP contribution in [0.15, 0.2) is 76.4 Å². The van der Waals surface area contributed by atoms with E-state index in [9.17, 15) is 13.2 Å². The summed E-state index contributed by atoms with van der Waals surface area (Å²) in [6.45, 7) is 2.07. The second-order valence-electron chi connectivity index (χ2n) is 6.05. The number of carbonyl (C=O) groups is 1. The Morgan fingerprint density at radius 1 is 1.04 bits per heavy atom. The Labute approximate surface area is 158 Å². The third-order valence-electron chi connectivity index (χ3n) is 3.93. The van der Waals surface area contributed by atoms with Crippen LogP contribution in [0, 0.1) is 0 Å². The maximum absolute atomic E-state index is 12.6. The van der Waals surface area contributed by atoms with Crippen molar-refractivity contribution in [2.75, 3.05) is 10.0 Å². The van der Waals surface area contributed by atoms with Crippen LogP contribution in [0.2, 0.25) is 0 Å². The van der Waals surface area contributed by atoms with Crippen molar-refractivity contribution in [1.82, 2.24) is 0 Å². The molecule has 0 fully saturated rings. The van der Waals surface area contributed by atoms with Crippen LogP contribution < -0.4 is 10.0 Å². The number of hydrogen-bond donors (Lipinski definition) is 2.